The van der Waals surface area contributed by atoms with Gasteiger partial charge in [0, 0.05) is 18.7 Å². The molecular weight excluding hydrogens is 273 g/mol. The van der Waals surface area contributed by atoms with E-state index >= 15 is 0 Å². The Balaban J connectivity index is 3.03. The van der Waals surface area contributed by atoms with E-state index < -0.39 is 12.7 Å². The maximum absolute atomic E-state index is 12.6. The van der Waals surface area contributed by atoms with Gasteiger partial charge in [-0.2, -0.15) is 13.2 Å². The molecule has 0 amide bonds. The number of alkyl halides is 3. The highest BCUT2D eigenvalue weighted by molar-refractivity contribution is 5.47. The largest absolute Gasteiger partial charge is 0.405 e. The van der Waals surface area contributed by atoms with E-state index in [0.29, 0.717) is 6.61 Å². The molecule has 0 spiro atoms. The number of nitrogens with two attached hydrogens (primary N) is 1. The van der Waals surface area contributed by atoms with Gasteiger partial charge in [-0.15, -0.1) is 0 Å². The molecule has 20 heavy (non-hydrogen) atoms. The average molecular weight is 292 g/mol. The Bertz CT molecular complexity index is 437. The second-order valence-electron chi connectivity index (χ2n) is 4.54. The summed E-state index contributed by atoms with van der Waals surface area (Å²) >= 11 is 0. The summed E-state index contributed by atoms with van der Waals surface area (Å²) in [5.41, 5.74) is 5.62. The lowest BCUT2D eigenvalue weighted by atomic mass is 10.3. The van der Waals surface area contributed by atoms with Crippen molar-refractivity contribution < 1.29 is 17.9 Å². The summed E-state index contributed by atoms with van der Waals surface area (Å²) in [6, 6.07) is 0.965. The van der Waals surface area contributed by atoms with E-state index in [1.54, 1.807) is 20.8 Å². The normalized spacial score (nSPS) is 11.9. The van der Waals surface area contributed by atoms with Crippen molar-refractivity contribution in [3.63, 3.8) is 0 Å². The smallest absolute Gasteiger partial charge is 0.384 e. The quantitative estimate of drug-likeness (QED) is 0.872. The van der Waals surface area contributed by atoms with Crippen LogP contribution in [-0.4, -0.2) is 35.3 Å². The van der Waals surface area contributed by atoms with Crippen molar-refractivity contribution in [3.05, 3.63) is 11.9 Å². The minimum atomic E-state index is -4.32. The summed E-state index contributed by atoms with van der Waals surface area (Å²) in [5, 5.41) is 0. The number of aromatic nitrogens is 2. The van der Waals surface area contributed by atoms with E-state index in [0.717, 1.165) is 4.90 Å². The van der Waals surface area contributed by atoms with Crippen molar-refractivity contribution in [1.82, 2.24) is 9.97 Å². The van der Waals surface area contributed by atoms with Gasteiger partial charge in [-0.05, 0) is 20.8 Å². The third-order valence-corrected chi connectivity index (χ3v) is 2.48. The lowest BCUT2D eigenvalue weighted by Gasteiger charge is -2.29. The fraction of sp³-hybridized carbons (Fsp3) is 0.667. The Morgan fingerprint density at radius 2 is 2.00 bits per heavy atom. The third kappa shape index (κ3) is 5.20. The van der Waals surface area contributed by atoms with Crippen molar-refractivity contribution in [2.75, 3.05) is 23.8 Å². The van der Waals surface area contributed by atoms with E-state index in [1.165, 1.54) is 6.07 Å². The van der Waals surface area contributed by atoms with Crippen molar-refractivity contribution >= 4 is 11.6 Å². The van der Waals surface area contributed by atoms with Gasteiger partial charge in [0.1, 0.15) is 24.8 Å². The van der Waals surface area contributed by atoms with Gasteiger partial charge in [0.05, 0.1) is 0 Å². The predicted octanol–water partition coefficient (Wildman–Crippen LogP) is 2.37. The Hall–Kier alpha value is -1.57. The van der Waals surface area contributed by atoms with E-state index in [4.69, 9.17) is 10.5 Å². The molecule has 0 aliphatic carbocycles. The number of ether oxygens (including phenoxy) is 1. The van der Waals surface area contributed by atoms with Gasteiger partial charge in [-0.25, -0.2) is 9.97 Å². The first-order chi connectivity index (χ1) is 9.23. The monoisotopic (exact) mass is 292 g/mol. The molecule has 0 aliphatic rings. The molecule has 0 aromatic carbocycles. The Morgan fingerprint density at radius 3 is 2.50 bits per heavy atom. The number of nitrogens with zero attached hydrogens (tertiary/aromatic N) is 3. The highest BCUT2D eigenvalue weighted by Crippen LogP contribution is 2.23. The van der Waals surface area contributed by atoms with Crippen LogP contribution in [0.5, 0.6) is 0 Å². The van der Waals surface area contributed by atoms with E-state index in [-0.39, 0.29) is 30.1 Å². The molecule has 0 fully saturated rings. The lowest BCUT2D eigenvalue weighted by Crippen LogP contribution is -2.40. The molecule has 0 unspecified atom stereocenters. The van der Waals surface area contributed by atoms with E-state index in [1.807, 2.05) is 0 Å². The van der Waals surface area contributed by atoms with Crippen LogP contribution in [0.15, 0.2) is 6.07 Å². The summed E-state index contributed by atoms with van der Waals surface area (Å²) in [6.45, 7) is 4.61. The molecule has 114 valence electrons. The molecule has 0 saturated heterocycles. The summed E-state index contributed by atoms with van der Waals surface area (Å²) in [6.07, 6.45) is -4.32. The maximum Gasteiger partial charge on any atom is 0.405 e. The molecule has 1 rings (SSSR count). The molecule has 0 saturated carbocycles. The van der Waals surface area contributed by atoms with E-state index in [9.17, 15) is 13.2 Å². The van der Waals surface area contributed by atoms with Crippen molar-refractivity contribution in [1.29, 1.82) is 0 Å². The fourth-order valence-electron chi connectivity index (χ4n) is 1.63. The zero-order valence-corrected chi connectivity index (χ0v) is 11.7. The lowest BCUT2D eigenvalue weighted by molar-refractivity contribution is -0.120. The van der Waals surface area contributed by atoms with E-state index in [2.05, 4.69) is 9.97 Å². The highest BCUT2D eigenvalue weighted by Gasteiger charge is 2.32. The zero-order chi connectivity index (χ0) is 15.3. The van der Waals surface area contributed by atoms with Crippen LogP contribution in [0.4, 0.5) is 24.8 Å². The standard InChI is InChI=1S/C12H19F3N4O/c1-4-20-6-10-17-9(16)5-11(18-10)19(8(2)3)7-12(13,14)15/h5,8H,4,6-7H2,1-3H3,(H2,16,17,18). The molecule has 0 atom stereocenters. The molecule has 1 aromatic rings. The number of rotatable bonds is 6. The number of anilines is 2. The SMILES string of the molecule is CCOCc1nc(N)cc(N(CC(F)(F)F)C(C)C)n1. The van der Waals surface area contributed by atoms with Gasteiger partial charge in [-0.3, -0.25) is 0 Å². The molecule has 5 nitrogen and oxygen atoms in total. The summed E-state index contributed by atoms with van der Waals surface area (Å²) in [5.74, 6) is 0.548. The molecule has 1 heterocycles. The van der Waals surface area contributed by atoms with Crippen LogP contribution < -0.4 is 10.6 Å². The highest BCUT2D eigenvalue weighted by atomic mass is 19.4. The Labute approximate surface area is 116 Å². The molecule has 0 radical (unpaired) electrons. The van der Waals surface area contributed by atoms with Crippen molar-refractivity contribution in [2.24, 2.45) is 0 Å². The predicted molar refractivity (Wildman–Crippen MR) is 70.3 cm³/mol. The van der Waals surface area contributed by atoms with Gasteiger partial charge < -0.3 is 15.4 Å². The Morgan fingerprint density at radius 1 is 1.35 bits per heavy atom. The van der Waals surface area contributed by atoms with Crippen LogP contribution in [0.2, 0.25) is 0 Å². The van der Waals surface area contributed by atoms with Gasteiger partial charge in [-0.1, -0.05) is 0 Å². The van der Waals surface area contributed by atoms with Gasteiger partial charge >= 0.3 is 6.18 Å². The summed E-state index contributed by atoms with van der Waals surface area (Å²) in [4.78, 5) is 9.16. The first kappa shape index (κ1) is 16.5. The Kier molecular flexibility index (Phi) is 5.55. The summed E-state index contributed by atoms with van der Waals surface area (Å²) < 4.78 is 43.0. The fourth-order valence-corrected chi connectivity index (χ4v) is 1.63. The first-order valence-electron chi connectivity index (χ1n) is 6.27. The number of hydrogen-bond donors (Lipinski definition) is 1. The van der Waals surface area contributed by atoms with Crippen LogP contribution in [0.25, 0.3) is 0 Å². The number of hydrogen-bond acceptors (Lipinski definition) is 5. The zero-order valence-electron chi connectivity index (χ0n) is 11.7. The topological polar surface area (TPSA) is 64.3 Å². The number of halogens is 3. The van der Waals surface area contributed by atoms with Crippen LogP contribution in [-0.2, 0) is 11.3 Å². The molecule has 0 bridgehead atoms. The average Bonchev–Trinajstić information content (AvgIpc) is 2.31. The van der Waals surface area contributed by atoms with Gasteiger partial charge in [0.15, 0.2) is 5.82 Å². The molecule has 2 N–H and O–H groups in total. The van der Waals surface area contributed by atoms with Crippen LogP contribution in [0, 0.1) is 0 Å². The first-order valence-corrected chi connectivity index (χ1v) is 6.27. The molecule has 8 heteroatoms. The van der Waals surface area contributed by atoms with Crippen LogP contribution in [0.1, 0.15) is 26.6 Å². The van der Waals surface area contributed by atoms with Gasteiger partial charge in [0.2, 0.25) is 0 Å². The molecule has 0 aliphatic heterocycles. The second kappa shape index (κ2) is 6.74. The number of nitrogen functional groups attached to an aromatic ring is 1. The van der Waals surface area contributed by atoms with Crippen molar-refractivity contribution in [3.8, 4) is 0 Å². The molecular formula is C12H19F3N4O. The third-order valence-electron chi connectivity index (χ3n) is 2.48. The van der Waals surface area contributed by atoms with Gasteiger partial charge in [0.25, 0.3) is 0 Å². The maximum atomic E-state index is 12.6. The minimum Gasteiger partial charge on any atom is -0.384 e. The van der Waals surface area contributed by atoms with Crippen LogP contribution >= 0.6 is 0 Å². The van der Waals surface area contributed by atoms with Crippen LogP contribution in [0.3, 0.4) is 0 Å². The van der Waals surface area contributed by atoms with Crippen molar-refractivity contribution in [2.45, 2.75) is 39.6 Å². The minimum absolute atomic E-state index is 0.118. The summed E-state index contributed by atoms with van der Waals surface area (Å²) in [7, 11) is 0. The second-order valence-corrected chi connectivity index (χ2v) is 4.54. The molecule has 1 aromatic heterocycles.